The van der Waals surface area contributed by atoms with Crippen molar-refractivity contribution in [3.63, 3.8) is 0 Å². The number of carboxylic acids is 1. The number of likely N-dealkylation sites (tertiary alicyclic amines) is 1. The number of hydrogen-bond acceptors (Lipinski definition) is 3. The number of β-amino-alcohol motifs (C(OH)–C–C–N with tert-alkyl or cyclic N) is 1. The van der Waals surface area contributed by atoms with Gasteiger partial charge in [-0.05, 0) is 17.9 Å². The highest BCUT2D eigenvalue weighted by atomic mass is 16.4. The first-order valence-corrected chi connectivity index (χ1v) is 6.84. The first-order chi connectivity index (χ1) is 9.58. The molecule has 1 heterocycles. The third-order valence-corrected chi connectivity index (χ3v) is 4.18. The average molecular weight is 275 g/mol. The highest BCUT2D eigenvalue weighted by Gasteiger charge is 2.49. The predicted octanol–water partition coefficient (Wildman–Crippen LogP) is 0.836. The Morgan fingerprint density at radius 2 is 1.85 bits per heavy atom. The molecule has 20 heavy (non-hydrogen) atoms. The lowest BCUT2D eigenvalue weighted by Crippen LogP contribution is -2.41. The van der Waals surface area contributed by atoms with Crippen LogP contribution in [0.2, 0.25) is 0 Å². The van der Waals surface area contributed by atoms with Crippen LogP contribution >= 0.6 is 0 Å². The second-order valence-corrected chi connectivity index (χ2v) is 5.59. The van der Waals surface area contributed by atoms with E-state index in [1.54, 1.807) is 0 Å². The lowest BCUT2D eigenvalue weighted by molar-refractivity contribution is -0.148. The molecular weight excluding hydrogens is 258 g/mol. The molecular formula is C15H17NO4. The Hall–Kier alpha value is -1.88. The molecule has 1 aromatic rings. The first-order valence-electron chi connectivity index (χ1n) is 6.84. The van der Waals surface area contributed by atoms with Crippen molar-refractivity contribution in [3.05, 3.63) is 35.9 Å². The van der Waals surface area contributed by atoms with Crippen molar-refractivity contribution in [1.82, 2.24) is 4.90 Å². The van der Waals surface area contributed by atoms with Crippen molar-refractivity contribution >= 4 is 11.9 Å². The summed E-state index contributed by atoms with van der Waals surface area (Å²) >= 11 is 0. The number of amides is 1. The number of nitrogens with zero attached hydrogens (tertiary/aromatic N) is 1. The molecule has 1 aromatic carbocycles. The van der Waals surface area contributed by atoms with E-state index in [2.05, 4.69) is 0 Å². The first kappa shape index (κ1) is 13.1. The van der Waals surface area contributed by atoms with Gasteiger partial charge in [-0.1, -0.05) is 30.3 Å². The number of rotatable bonds is 3. The Morgan fingerprint density at radius 1 is 1.15 bits per heavy atom. The number of aliphatic hydroxyl groups excluding tert-OH is 1. The van der Waals surface area contributed by atoms with Crippen LogP contribution in [0.25, 0.3) is 0 Å². The summed E-state index contributed by atoms with van der Waals surface area (Å²) in [4.78, 5) is 24.9. The normalized spacial score (nSPS) is 32.1. The Balaban J connectivity index is 1.70. The average Bonchev–Trinajstić information content (AvgIpc) is 3.14. The molecule has 0 bridgehead atoms. The molecule has 5 heteroatoms. The molecule has 0 radical (unpaired) electrons. The van der Waals surface area contributed by atoms with Crippen LogP contribution in [-0.2, 0) is 9.59 Å². The SMILES string of the molecule is O=C(O)C1CC(O)CN1C(=O)C1CC1c1ccccc1. The van der Waals surface area contributed by atoms with E-state index in [1.807, 2.05) is 30.3 Å². The van der Waals surface area contributed by atoms with Crippen LogP contribution in [0, 0.1) is 5.92 Å². The molecule has 1 amide bonds. The number of aliphatic hydroxyl groups is 1. The van der Waals surface area contributed by atoms with Gasteiger partial charge in [0, 0.05) is 18.9 Å². The van der Waals surface area contributed by atoms with Crippen molar-refractivity contribution in [2.24, 2.45) is 5.92 Å². The fourth-order valence-corrected chi connectivity index (χ4v) is 3.04. The van der Waals surface area contributed by atoms with Crippen LogP contribution in [0.1, 0.15) is 24.3 Å². The second-order valence-electron chi connectivity index (χ2n) is 5.59. The van der Waals surface area contributed by atoms with E-state index < -0.39 is 18.1 Å². The van der Waals surface area contributed by atoms with Crippen molar-refractivity contribution in [2.75, 3.05) is 6.54 Å². The Labute approximate surface area is 116 Å². The third kappa shape index (κ3) is 2.29. The van der Waals surface area contributed by atoms with Crippen molar-refractivity contribution in [3.8, 4) is 0 Å². The number of aliphatic carboxylic acids is 1. The van der Waals surface area contributed by atoms with E-state index in [1.165, 1.54) is 4.90 Å². The fraction of sp³-hybridized carbons (Fsp3) is 0.467. The van der Waals surface area contributed by atoms with Crippen LogP contribution in [0.4, 0.5) is 0 Å². The summed E-state index contributed by atoms with van der Waals surface area (Å²) in [5.74, 6) is -1.12. The summed E-state index contributed by atoms with van der Waals surface area (Å²) in [7, 11) is 0. The topological polar surface area (TPSA) is 77.8 Å². The number of benzene rings is 1. The van der Waals surface area contributed by atoms with Gasteiger partial charge in [0.15, 0.2) is 0 Å². The van der Waals surface area contributed by atoms with E-state index in [0.717, 1.165) is 12.0 Å². The highest BCUT2D eigenvalue weighted by Crippen LogP contribution is 2.49. The third-order valence-electron chi connectivity index (χ3n) is 4.18. The van der Waals surface area contributed by atoms with Gasteiger partial charge >= 0.3 is 5.97 Å². The molecule has 2 N–H and O–H groups in total. The molecule has 1 saturated heterocycles. The maximum absolute atomic E-state index is 12.4. The van der Waals surface area contributed by atoms with Crippen molar-refractivity contribution in [1.29, 1.82) is 0 Å². The molecule has 3 rings (SSSR count). The lowest BCUT2D eigenvalue weighted by Gasteiger charge is -2.21. The summed E-state index contributed by atoms with van der Waals surface area (Å²) in [5.41, 5.74) is 1.12. The summed E-state index contributed by atoms with van der Waals surface area (Å²) in [6.07, 6.45) is 0.167. The van der Waals surface area contributed by atoms with Gasteiger partial charge < -0.3 is 15.1 Å². The van der Waals surface area contributed by atoms with Gasteiger partial charge in [-0.2, -0.15) is 0 Å². The van der Waals surface area contributed by atoms with Crippen LogP contribution in [0.15, 0.2) is 30.3 Å². The minimum atomic E-state index is -1.04. The van der Waals surface area contributed by atoms with Gasteiger partial charge in [-0.25, -0.2) is 4.79 Å². The zero-order chi connectivity index (χ0) is 14.3. The fourth-order valence-electron chi connectivity index (χ4n) is 3.04. The summed E-state index contributed by atoms with van der Waals surface area (Å²) < 4.78 is 0. The van der Waals surface area contributed by atoms with Crippen LogP contribution in [0.5, 0.6) is 0 Å². The lowest BCUT2D eigenvalue weighted by atomic mass is 10.1. The molecule has 2 fully saturated rings. The van der Waals surface area contributed by atoms with E-state index in [-0.39, 0.29) is 30.7 Å². The Bertz CT molecular complexity index is 530. The molecule has 106 valence electrons. The number of hydrogen-bond donors (Lipinski definition) is 2. The monoisotopic (exact) mass is 275 g/mol. The molecule has 1 aliphatic carbocycles. The van der Waals surface area contributed by atoms with Crippen molar-refractivity contribution < 1.29 is 19.8 Å². The van der Waals surface area contributed by atoms with Crippen LogP contribution < -0.4 is 0 Å². The molecule has 1 saturated carbocycles. The van der Waals surface area contributed by atoms with E-state index >= 15 is 0 Å². The highest BCUT2D eigenvalue weighted by molar-refractivity contribution is 5.88. The minimum absolute atomic E-state index is 0.129. The van der Waals surface area contributed by atoms with Gasteiger partial charge in [0.05, 0.1) is 6.10 Å². The van der Waals surface area contributed by atoms with Gasteiger partial charge in [0.2, 0.25) is 5.91 Å². The second kappa shape index (κ2) is 4.90. The zero-order valence-corrected chi connectivity index (χ0v) is 11.0. The summed E-state index contributed by atoms with van der Waals surface area (Å²) in [6.45, 7) is 0.133. The molecule has 5 nitrogen and oxygen atoms in total. The van der Waals surface area contributed by atoms with Gasteiger partial charge in [0.1, 0.15) is 6.04 Å². The molecule has 4 unspecified atom stereocenters. The van der Waals surface area contributed by atoms with Gasteiger partial charge in [-0.3, -0.25) is 4.79 Å². The van der Waals surface area contributed by atoms with Crippen LogP contribution in [0.3, 0.4) is 0 Å². The van der Waals surface area contributed by atoms with E-state index in [4.69, 9.17) is 5.11 Å². The number of carboxylic acid groups (broad SMARTS) is 1. The number of carbonyl (C=O) groups excluding carboxylic acids is 1. The minimum Gasteiger partial charge on any atom is -0.480 e. The maximum Gasteiger partial charge on any atom is 0.326 e. The van der Waals surface area contributed by atoms with Gasteiger partial charge in [-0.15, -0.1) is 0 Å². The largest absolute Gasteiger partial charge is 0.480 e. The van der Waals surface area contributed by atoms with Gasteiger partial charge in [0.25, 0.3) is 0 Å². The van der Waals surface area contributed by atoms with E-state index in [9.17, 15) is 14.7 Å². The van der Waals surface area contributed by atoms with E-state index in [0.29, 0.717) is 0 Å². The van der Waals surface area contributed by atoms with Crippen LogP contribution in [-0.4, -0.2) is 45.7 Å². The molecule has 1 aliphatic heterocycles. The Morgan fingerprint density at radius 3 is 2.50 bits per heavy atom. The quantitative estimate of drug-likeness (QED) is 0.856. The molecule has 0 spiro atoms. The molecule has 0 aromatic heterocycles. The predicted molar refractivity (Wildman–Crippen MR) is 71.1 cm³/mol. The summed E-state index contributed by atoms with van der Waals surface area (Å²) in [6, 6.07) is 8.91. The standard InChI is InChI=1S/C15H17NO4/c17-10-6-13(15(19)20)16(8-10)14(18)12-7-11(12)9-4-2-1-3-5-9/h1-5,10-13,17H,6-8H2,(H,19,20). The smallest absolute Gasteiger partial charge is 0.326 e. The molecule has 4 atom stereocenters. The summed E-state index contributed by atoms with van der Waals surface area (Å²) in [5, 5.41) is 18.7. The number of carbonyl (C=O) groups is 2. The Kier molecular flexibility index (Phi) is 3.22. The zero-order valence-electron chi connectivity index (χ0n) is 11.0. The maximum atomic E-state index is 12.4. The molecule has 2 aliphatic rings. The van der Waals surface area contributed by atoms with Crippen molar-refractivity contribution in [2.45, 2.75) is 30.9 Å².